The summed E-state index contributed by atoms with van der Waals surface area (Å²) in [6, 6.07) is 6.99. The number of benzene rings is 2. The molecule has 1 aromatic heterocycles. The third-order valence-corrected chi connectivity index (χ3v) is 3.48. The van der Waals surface area contributed by atoms with Gasteiger partial charge in [-0.05, 0) is 24.3 Å². The van der Waals surface area contributed by atoms with E-state index in [0.717, 1.165) is 0 Å². The number of fused-ring (bicyclic) bond motifs is 1. The van der Waals surface area contributed by atoms with E-state index in [1.807, 2.05) is 0 Å². The third kappa shape index (κ3) is 2.60. The number of halogens is 2. The molecule has 2 N–H and O–H groups in total. The van der Waals surface area contributed by atoms with Crippen LogP contribution >= 0.6 is 0 Å². The van der Waals surface area contributed by atoms with Gasteiger partial charge in [-0.15, -0.1) is 0 Å². The van der Waals surface area contributed by atoms with E-state index in [4.69, 9.17) is 15.2 Å². The number of rotatable bonds is 4. The number of anilines is 1. The Morgan fingerprint density at radius 2 is 1.88 bits per heavy atom. The highest BCUT2D eigenvalue weighted by molar-refractivity contribution is 5.93. The molecule has 0 fully saturated rings. The number of carbonyl (C=O) groups is 1. The van der Waals surface area contributed by atoms with Crippen LogP contribution in [-0.4, -0.2) is 18.4 Å². The van der Waals surface area contributed by atoms with Crippen LogP contribution in [0, 0.1) is 11.6 Å². The lowest BCUT2D eigenvalue weighted by molar-refractivity contribution is 0.112. The number of nitrogen functional groups attached to an aromatic ring is 1. The number of nitrogens with two attached hydrogens (primary N) is 1. The van der Waals surface area contributed by atoms with Crippen LogP contribution in [0.2, 0.25) is 0 Å². The maximum Gasteiger partial charge on any atom is 0.203 e. The van der Waals surface area contributed by atoms with Crippen LogP contribution in [0.5, 0.6) is 17.2 Å². The average molecular weight is 330 g/mol. The van der Waals surface area contributed by atoms with Crippen LogP contribution in [-0.2, 0) is 0 Å². The minimum absolute atomic E-state index is 0.217. The first-order valence-electron chi connectivity index (χ1n) is 6.88. The second-order valence-corrected chi connectivity index (χ2v) is 4.92. The lowest BCUT2D eigenvalue weighted by Crippen LogP contribution is -1.98. The van der Waals surface area contributed by atoms with Gasteiger partial charge in [0.25, 0.3) is 0 Å². The predicted octanol–water partition coefficient (Wildman–Crippen LogP) is 3.71. The molecular weight excluding hydrogens is 318 g/mol. The van der Waals surface area contributed by atoms with Crippen molar-refractivity contribution >= 4 is 22.9 Å². The van der Waals surface area contributed by atoms with Crippen LogP contribution < -0.4 is 15.2 Å². The fraction of sp³-hybridized carbons (Fsp3) is 0.0588. The minimum Gasteiger partial charge on any atom is -0.496 e. The standard InChI is InChI=1S/C17H12F2N2O3/c1-23-15-7-12-10(6-9(15)8-22)13(4-5-21-12)24-14-3-2-11(20)16(18)17(14)19/h2-8H,20H2,1H3. The molecule has 3 rings (SSSR count). The van der Waals surface area contributed by atoms with Gasteiger partial charge in [0, 0.05) is 17.6 Å². The van der Waals surface area contributed by atoms with Crippen LogP contribution in [0.15, 0.2) is 36.5 Å². The third-order valence-electron chi connectivity index (χ3n) is 3.48. The van der Waals surface area contributed by atoms with Crippen molar-refractivity contribution in [3.05, 3.63) is 53.7 Å². The van der Waals surface area contributed by atoms with Crippen molar-refractivity contribution in [2.75, 3.05) is 12.8 Å². The summed E-state index contributed by atoms with van der Waals surface area (Å²) in [5.41, 5.74) is 5.76. The van der Waals surface area contributed by atoms with Crippen molar-refractivity contribution in [1.29, 1.82) is 0 Å². The van der Waals surface area contributed by atoms with Crippen molar-refractivity contribution in [2.45, 2.75) is 0 Å². The number of pyridine rings is 1. The zero-order valence-electron chi connectivity index (χ0n) is 12.5. The van der Waals surface area contributed by atoms with Crippen molar-refractivity contribution in [2.24, 2.45) is 0 Å². The Labute approximate surface area is 135 Å². The number of carbonyl (C=O) groups excluding carboxylic acids is 1. The highest BCUT2D eigenvalue weighted by atomic mass is 19.2. The molecule has 0 radical (unpaired) electrons. The molecular formula is C17H12F2N2O3. The number of hydrogen-bond donors (Lipinski definition) is 1. The highest BCUT2D eigenvalue weighted by Gasteiger charge is 2.16. The molecule has 7 heteroatoms. The number of nitrogens with zero attached hydrogens (tertiary/aromatic N) is 1. The van der Waals surface area contributed by atoms with E-state index in [1.165, 1.54) is 37.6 Å². The van der Waals surface area contributed by atoms with Gasteiger partial charge in [0.1, 0.15) is 11.5 Å². The lowest BCUT2D eigenvalue weighted by Gasteiger charge is -2.12. The highest BCUT2D eigenvalue weighted by Crippen LogP contribution is 2.34. The number of ether oxygens (including phenoxy) is 2. The van der Waals surface area contributed by atoms with Gasteiger partial charge in [-0.3, -0.25) is 9.78 Å². The fourth-order valence-electron chi connectivity index (χ4n) is 2.27. The van der Waals surface area contributed by atoms with E-state index in [2.05, 4.69) is 4.98 Å². The summed E-state index contributed by atoms with van der Waals surface area (Å²) in [6.07, 6.45) is 2.07. The van der Waals surface area contributed by atoms with Gasteiger partial charge < -0.3 is 15.2 Å². The monoisotopic (exact) mass is 330 g/mol. The van der Waals surface area contributed by atoms with E-state index < -0.39 is 11.6 Å². The Balaban J connectivity index is 2.13. The Morgan fingerprint density at radius 1 is 1.08 bits per heavy atom. The normalized spacial score (nSPS) is 10.6. The number of aromatic nitrogens is 1. The zero-order chi connectivity index (χ0) is 17.3. The quantitative estimate of drug-likeness (QED) is 0.583. The summed E-state index contributed by atoms with van der Waals surface area (Å²) in [5.74, 6) is -2.12. The Kier molecular flexibility index (Phi) is 3.99. The summed E-state index contributed by atoms with van der Waals surface area (Å²) in [7, 11) is 1.43. The molecule has 0 unspecified atom stereocenters. The first kappa shape index (κ1) is 15.7. The summed E-state index contributed by atoms with van der Waals surface area (Å²) < 4.78 is 38.1. The van der Waals surface area contributed by atoms with Gasteiger partial charge in [0.05, 0.1) is 23.9 Å². The molecule has 2 aromatic carbocycles. The van der Waals surface area contributed by atoms with Crippen molar-refractivity contribution < 1.29 is 23.0 Å². The molecule has 0 saturated carbocycles. The van der Waals surface area contributed by atoms with Crippen LogP contribution in [0.25, 0.3) is 10.9 Å². The Hall–Kier alpha value is -3.22. The van der Waals surface area contributed by atoms with Gasteiger partial charge in [-0.1, -0.05) is 0 Å². The average Bonchev–Trinajstić information content (AvgIpc) is 2.61. The van der Waals surface area contributed by atoms with Crippen LogP contribution in [0.4, 0.5) is 14.5 Å². The molecule has 0 saturated heterocycles. The SMILES string of the molecule is COc1cc2nccc(Oc3ccc(N)c(F)c3F)c2cc1C=O. The van der Waals surface area contributed by atoms with E-state index in [-0.39, 0.29) is 22.7 Å². The number of hydrogen-bond acceptors (Lipinski definition) is 5. The Bertz CT molecular complexity index is 945. The van der Waals surface area contributed by atoms with E-state index in [9.17, 15) is 13.6 Å². The molecule has 0 aliphatic heterocycles. The maximum absolute atomic E-state index is 13.9. The summed E-state index contributed by atoms with van der Waals surface area (Å²) in [4.78, 5) is 15.3. The van der Waals surface area contributed by atoms with Gasteiger partial charge in [0.15, 0.2) is 17.9 Å². The van der Waals surface area contributed by atoms with Crippen molar-refractivity contribution in [3.8, 4) is 17.2 Å². The molecule has 122 valence electrons. The summed E-state index contributed by atoms with van der Waals surface area (Å²) in [6.45, 7) is 0. The minimum atomic E-state index is -1.19. The van der Waals surface area contributed by atoms with Gasteiger partial charge in [-0.25, -0.2) is 4.39 Å². The molecule has 0 aliphatic rings. The summed E-state index contributed by atoms with van der Waals surface area (Å²) in [5, 5.41) is 0.456. The van der Waals surface area contributed by atoms with Crippen LogP contribution in [0.3, 0.4) is 0 Å². The molecule has 0 atom stereocenters. The fourth-order valence-corrected chi connectivity index (χ4v) is 2.27. The smallest absolute Gasteiger partial charge is 0.203 e. The molecule has 0 amide bonds. The first-order chi connectivity index (χ1) is 11.5. The Morgan fingerprint density at radius 3 is 2.58 bits per heavy atom. The second kappa shape index (κ2) is 6.11. The predicted molar refractivity (Wildman–Crippen MR) is 84.5 cm³/mol. The van der Waals surface area contributed by atoms with Gasteiger partial charge in [-0.2, -0.15) is 4.39 Å². The first-order valence-corrected chi connectivity index (χ1v) is 6.88. The van der Waals surface area contributed by atoms with E-state index in [0.29, 0.717) is 22.9 Å². The molecule has 0 aliphatic carbocycles. The largest absolute Gasteiger partial charge is 0.496 e. The molecule has 1 heterocycles. The van der Waals surface area contributed by atoms with E-state index >= 15 is 0 Å². The summed E-state index contributed by atoms with van der Waals surface area (Å²) >= 11 is 0. The zero-order valence-corrected chi connectivity index (χ0v) is 12.5. The molecule has 3 aromatic rings. The molecule has 24 heavy (non-hydrogen) atoms. The van der Waals surface area contributed by atoms with Gasteiger partial charge >= 0.3 is 0 Å². The topological polar surface area (TPSA) is 74.4 Å². The molecule has 0 bridgehead atoms. The van der Waals surface area contributed by atoms with E-state index in [1.54, 1.807) is 6.07 Å². The maximum atomic E-state index is 13.9. The van der Waals surface area contributed by atoms with Crippen molar-refractivity contribution in [3.63, 3.8) is 0 Å². The van der Waals surface area contributed by atoms with Crippen LogP contribution in [0.1, 0.15) is 10.4 Å². The van der Waals surface area contributed by atoms with Gasteiger partial charge in [0.2, 0.25) is 5.82 Å². The lowest BCUT2D eigenvalue weighted by atomic mass is 10.1. The molecule has 0 spiro atoms. The number of aldehydes is 1. The molecule has 5 nitrogen and oxygen atoms in total. The second-order valence-electron chi connectivity index (χ2n) is 4.92. The number of methoxy groups -OCH3 is 1. The van der Waals surface area contributed by atoms with Crippen molar-refractivity contribution in [1.82, 2.24) is 4.98 Å².